The molecule has 3 rings (SSSR count). The highest BCUT2D eigenvalue weighted by Gasteiger charge is 2.11. The van der Waals surface area contributed by atoms with Crippen LogP contribution in [0.3, 0.4) is 0 Å². The molecule has 27 heavy (non-hydrogen) atoms. The van der Waals surface area contributed by atoms with Crippen molar-refractivity contribution in [3.05, 3.63) is 84.2 Å². The van der Waals surface area contributed by atoms with Gasteiger partial charge in [-0.3, -0.25) is 9.78 Å². The van der Waals surface area contributed by atoms with Gasteiger partial charge in [-0.05, 0) is 48.9 Å². The maximum absolute atomic E-state index is 12.5. The summed E-state index contributed by atoms with van der Waals surface area (Å²) in [4.78, 5) is 18.8. The first-order valence-electron chi connectivity index (χ1n) is 8.91. The SMILES string of the molecule is CCOc1ccc(NC(=O)c2cc(N(C)Cc3ccccc3)ccn2)cc1. The first kappa shape index (κ1) is 18.5. The van der Waals surface area contributed by atoms with Crippen LogP contribution >= 0.6 is 0 Å². The number of benzene rings is 2. The summed E-state index contributed by atoms with van der Waals surface area (Å²) in [7, 11) is 2.00. The quantitative estimate of drug-likeness (QED) is 0.679. The largest absolute Gasteiger partial charge is 0.494 e. The minimum Gasteiger partial charge on any atom is -0.494 e. The standard InChI is InChI=1S/C22H23N3O2/c1-3-27-20-11-9-18(10-12-20)24-22(26)21-15-19(13-14-23-21)25(2)16-17-7-5-4-6-8-17/h4-15H,3,16H2,1-2H3,(H,24,26). The predicted octanol–water partition coefficient (Wildman–Crippen LogP) is 4.37. The lowest BCUT2D eigenvalue weighted by molar-refractivity contribution is 0.102. The van der Waals surface area contributed by atoms with Gasteiger partial charge in [0.05, 0.1) is 6.61 Å². The van der Waals surface area contributed by atoms with Gasteiger partial charge < -0.3 is 15.0 Å². The molecule has 0 bridgehead atoms. The zero-order valence-electron chi connectivity index (χ0n) is 15.6. The molecule has 1 amide bonds. The number of anilines is 2. The molecule has 0 atom stereocenters. The van der Waals surface area contributed by atoms with E-state index in [9.17, 15) is 4.79 Å². The number of amides is 1. The third-order valence-electron chi connectivity index (χ3n) is 4.10. The summed E-state index contributed by atoms with van der Waals surface area (Å²) < 4.78 is 5.41. The summed E-state index contributed by atoms with van der Waals surface area (Å²) in [5.41, 5.74) is 3.22. The van der Waals surface area contributed by atoms with E-state index in [0.717, 1.165) is 18.0 Å². The Kier molecular flexibility index (Phi) is 6.05. The monoisotopic (exact) mass is 361 g/mol. The van der Waals surface area contributed by atoms with E-state index < -0.39 is 0 Å². The van der Waals surface area contributed by atoms with Crippen molar-refractivity contribution in [2.24, 2.45) is 0 Å². The highest BCUT2D eigenvalue weighted by molar-refractivity contribution is 6.03. The molecule has 2 aromatic carbocycles. The topological polar surface area (TPSA) is 54.5 Å². The molecule has 0 saturated carbocycles. The van der Waals surface area contributed by atoms with Crippen LogP contribution in [0.2, 0.25) is 0 Å². The number of pyridine rings is 1. The predicted molar refractivity (Wildman–Crippen MR) is 108 cm³/mol. The second-order valence-electron chi connectivity index (χ2n) is 6.15. The number of carbonyl (C=O) groups excluding carboxylic acids is 1. The van der Waals surface area contributed by atoms with Crippen molar-refractivity contribution in [2.75, 3.05) is 23.9 Å². The molecule has 0 aliphatic carbocycles. The van der Waals surface area contributed by atoms with Crippen molar-refractivity contribution in [3.63, 3.8) is 0 Å². The van der Waals surface area contributed by atoms with Gasteiger partial charge in [0.1, 0.15) is 11.4 Å². The molecule has 0 radical (unpaired) electrons. The van der Waals surface area contributed by atoms with Crippen molar-refractivity contribution >= 4 is 17.3 Å². The zero-order valence-corrected chi connectivity index (χ0v) is 15.6. The van der Waals surface area contributed by atoms with Gasteiger partial charge in [0.25, 0.3) is 5.91 Å². The Morgan fingerprint density at radius 1 is 1.07 bits per heavy atom. The first-order valence-corrected chi connectivity index (χ1v) is 8.91. The summed E-state index contributed by atoms with van der Waals surface area (Å²) >= 11 is 0. The molecule has 0 spiro atoms. The minimum absolute atomic E-state index is 0.242. The molecule has 138 valence electrons. The Labute approximate surface area is 159 Å². The average molecular weight is 361 g/mol. The van der Waals surface area contributed by atoms with E-state index in [1.807, 2.05) is 62.5 Å². The summed E-state index contributed by atoms with van der Waals surface area (Å²) in [6.07, 6.45) is 1.66. The fourth-order valence-corrected chi connectivity index (χ4v) is 2.73. The highest BCUT2D eigenvalue weighted by Crippen LogP contribution is 2.19. The number of ether oxygens (including phenoxy) is 1. The van der Waals surface area contributed by atoms with E-state index in [4.69, 9.17) is 4.74 Å². The molecule has 1 aromatic heterocycles. The van der Waals surface area contributed by atoms with Crippen LogP contribution < -0.4 is 15.0 Å². The van der Waals surface area contributed by atoms with E-state index in [2.05, 4.69) is 27.3 Å². The molecule has 3 aromatic rings. The van der Waals surface area contributed by atoms with Crippen molar-refractivity contribution in [2.45, 2.75) is 13.5 Å². The third kappa shape index (κ3) is 5.07. The molecule has 0 aliphatic rings. The summed E-state index contributed by atoms with van der Waals surface area (Å²) in [5, 5.41) is 2.87. The van der Waals surface area contributed by atoms with Crippen LogP contribution in [-0.2, 0) is 6.54 Å². The minimum atomic E-state index is -0.242. The Morgan fingerprint density at radius 2 is 1.81 bits per heavy atom. The van der Waals surface area contributed by atoms with Gasteiger partial charge in [-0.1, -0.05) is 30.3 Å². The van der Waals surface area contributed by atoms with Crippen LogP contribution in [0.1, 0.15) is 23.0 Å². The van der Waals surface area contributed by atoms with Crippen LogP contribution in [0, 0.1) is 0 Å². The average Bonchev–Trinajstić information content (AvgIpc) is 2.70. The second kappa shape index (κ2) is 8.85. The van der Waals surface area contributed by atoms with Crippen molar-refractivity contribution < 1.29 is 9.53 Å². The molecule has 5 nitrogen and oxygen atoms in total. The summed E-state index contributed by atoms with van der Waals surface area (Å²) in [5.74, 6) is 0.535. The van der Waals surface area contributed by atoms with Crippen LogP contribution in [0.4, 0.5) is 11.4 Å². The normalized spacial score (nSPS) is 10.3. The van der Waals surface area contributed by atoms with Crippen LogP contribution in [-0.4, -0.2) is 24.5 Å². The molecule has 0 unspecified atom stereocenters. The number of nitrogens with zero attached hydrogens (tertiary/aromatic N) is 2. The number of hydrogen-bond acceptors (Lipinski definition) is 4. The highest BCUT2D eigenvalue weighted by atomic mass is 16.5. The zero-order chi connectivity index (χ0) is 19.1. The number of nitrogens with one attached hydrogen (secondary N) is 1. The van der Waals surface area contributed by atoms with E-state index in [0.29, 0.717) is 18.0 Å². The van der Waals surface area contributed by atoms with Crippen LogP contribution in [0.15, 0.2) is 72.9 Å². The van der Waals surface area contributed by atoms with E-state index in [-0.39, 0.29) is 5.91 Å². The lowest BCUT2D eigenvalue weighted by Gasteiger charge is -2.19. The fraction of sp³-hybridized carbons (Fsp3) is 0.182. The lowest BCUT2D eigenvalue weighted by Crippen LogP contribution is -2.18. The van der Waals surface area contributed by atoms with Gasteiger partial charge in [0.2, 0.25) is 0 Å². The maximum atomic E-state index is 12.5. The second-order valence-corrected chi connectivity index (χ2v) is 6.15. The molecule has 0 fully saturated rings. The molecule has 5 heteroatoms. The third-order valence-corrected chi connectivity index (χ3v) is 4.10. The summed E-state index contributed by atoms with van der Waals surface area (Å²) in [6, 6.07) is 21.2. The molecular weight excluding hydrogens is 338 g/mol. The molecule has 0 saturated heterocycles. The van der Waals surface area contributed by atoms with E-state index >= 15 is 0 Å². The van der Waals surface area contributed by atoms with Crippen molar-refractivity contribution in [1.29, 1.82) is 0 Å². The Hall–Kier alpha value is -3.34. The Morgan fingerprint density at radius 3 is 2.52 bits per heavy atom. The fourth-order valence-electron chi connectivity index (χ4n) is 2.73. The van der Waals surface area contributed by atoms with E-state index in [1.165, 1.54) is 5.56 Å². The van der Waals surface area contributed by atoms with Gasteiger partial charge in [-0.25, -0.2) is 0 Å². The van der Waals surface area contributed by atoms with Gasteiger partial charge in [0, 0.05) is 31.2 Å². The molecule has 1 heterocycles. The molecule has 0 aliphatic heterocycles. The smallest absolute Gasteiger partial charge is 0.274 e. The lowest BCUT2D eigenvalue weighted by atomic mass is 10.2. The number of aromatic nitrogens is 1. The Balaban J connectivity index is 1.67. The molecule has 1 N–H and O–H groups in total. The van der Waals surface area contributed by atoms with Crippen molar-refractivity contribution in [3.8, 4) is 5.75 Å². The van der Waals surface area contributed by atoms with Gasteiger partial charge >= 0.3 is 0 Å². The number of rotatable bonds is 7. The van der Waals surface area contributed by atoms with Gasteiger partial charge in [-0.15, -0.1) is 0 Å². The number of hydrogen-bond donors (Lipinski definition) is 1. The van der Waals surface area contributed by atoms with Gasteiger partial charge in [0.15, 0.2) is 0 Å². The van der Waals surface area contributed by atoms with Crippen LogP contribution in [0.5, 0.6) is 5.75 Å². The summed E-state index contributed by atoms with van der Waals surface area (Å²) in [6.45, 7) is 3.30. The Bertz CT molecular complexity index is 880. The molecular formula is C22H23N3O2. The maximum Gasteiger partial charge on any atom is 0.274 e. The number of carbonyl (C=O) groups is 1. The van der Waals surface area contributed by atoms with Crippen molar-refractivity contribution in [1.82, 2.24) is 4.98 Å². The van der Waals surface area contributed by atoms with E-state index in [1.54, 1.807) is 12.3 Å². The first-order chi connectivity index (χ1) is 13.2. The van der Waals surface area contributed by atoms with Crippen LogP contribution in [0.25, 0.3) is 0 Å². The van der Waals surface area contributed by atoms with Gasteiger partial charge in [-0.2, -0.15) is 0 Å².